The number of halogens is 1. The summed E-state index contributed by atoms with van der Waals surface area (Å²) in [5, 5.41) is 3.61. The lowest BCUT2D eigenvalue weighted by molar-refractivity contribution is -0.121. The van der Waals surface area contributed by atoms with Gasteiger partial charge in [0.25, 0.3) is 0 Å². The molecule has 0 fully saturated rings. The molecule has 0 aliphatic rings. The van der Waals surface area contributed by atoms with Crippen LogP contribution >= 0.6 is 11.6 Å². The summed E-state index contributed by atoms with van der Waals surface area (Å²) < 4.78 is 5.68. The number of nitrogens with one attached hydrogen (secondary N) is 1. The number of carbonyl (C=O) groups excluding carboxylic acids is 1. The van der Waals surface area contributed by atoms with E-state index >= 15 is 0 Å². The summed E-state index contributed by atoms with van der Waals surface area (Å²) in [7, 11) is 0. The van der Waals surface area contributed by atoms with Gasteiger partial charge in [-0.3, -0.25) is 9.78 Å². The average molecular weight is 333 g/mol. The van der Waals surface area contributed by atoms with Crippen LogP contribution in [-0.4, -0.2) is 24.0 Å². The number of benzene rings is 1. The monoisotopic (exact) mass is 332 g/mol. The van der Waals surface area contributed by atoms with E-state index in [0.29, 0.717) is 31.0 Å². The molecule has 0 aliphatic carbocycles. The fourth-order valence-corrected chi connectivity index (χ4v) is 2.38. The normalized spacial score (nSPS) is 10.3. The second kappa shape index (κ2) is 9.16. The van der Waals surface area contributed by atoms with Crippen molar-refractivity contribution in [2.24, 2.45) is 0 Å². The molecule has 0 spiro atoms. The Balaban J connectivity index is 1.59. The Morgan fingerprint density at radius 3 is 2.96 bits per heavy atom. The SMILES string of the molecule is Cc1cc(Cl)ccc1OCCCNC(=O)CCc1cccnc1. The third-order valence-corrected chi connectivity index (χ3v) is 3.64. The molecule has 4 nitrogen and oxygen atoms in total. The third kappa shape index (κ3) is 6.28. The summed E-state index contributed by atoms with van der Waals surface area (Å²) in [5.74, 6) is 0.883. The number of nitrogens with zero attached hydrogens (tertiary/aromatic N) is 1. The van der Waals surface area contributed by atoms with Gasteiger partial charge in [-0.05, 0) is 55.2 Å². The minimum atomic E-state index is 0.0523. The molecule has 0 unspecified atom stereocenters. The highest BCUT2D eigenvalue weighted by atomic mass is 35.5. The van der Waals surface area contributed by atoms with Gasteiger partial charge in [0.1, 0.15) is 5.75 Å². The molecule has 1 heterocycles. The Labute approximate surface area is 141 Å². The zero-order valence-corrected chi connectivity index (χ0v) is 14.0. The van der Waals surface area contributed by atoms with E-state index in [1.807, 2.05) is 37.3 Å². The van der Waals surface area contributed by atoms with Crippen LogP contribution in [0.1, 0.15) is 24.0 Å². The Morgan fingerprint density at radius 1 is 1.35 bits per heavy atom. The first-order chi connectivity index (χ1) is 11.1. The number of ether oxygens (including phenoxy) is 1. The van der Waals surface area contributed by atoms with Crippen molar-refractivity contribution in [1.29, 1.82) is 0 Å². The number of pyridine rings is 1. The fourth-order valence-electron chi connectivity index (χ4n) is 2.15. The number of hydrogen-bond donors (Lipinski definition) is 1. The molecule has 0 atom stereocenters. The van der Waals surface area contributed by atoms with Gasteiger partial charge in [-0.25, -0.2) is 0 Å². The van der Waals surface area contributed by atoms with E-state index in [9.17, 15) is 4.79 Å². The van der Waals surface area contributed by atoms with Crippen molar-refractivity contribution in [2.45, 2.75) is 26.2 Å². The molecule has 0 saturated heterocycles. The maximum Gasteiger partial charge on any atom is 0.220 e. The number of aryl methyl sites for hydroxylation is 2. The van der Waals surface area contributed by atoms with Crippen molar-refractivity contribution < 1.29 is 9.53 Å². The van der Waals surface area contributed by atoms with Crippen LogP contribution in [0.4, 0.5) is 0 Å². The molecular weight excluding hydrogens is 312 g/mol. The molecule has 122 valence electrons. The third-order valence-electron chi connectivity index (χ3n) is 3.40. The van der Waals surface area contributed by atoms with Crippen LogP contribution in [0.3, 0.4) is 0 Å². The Bertz CT molecular complexity index is 632. The molecule has 23 heavy (non-hydrogen) atoms. The van der Waals surface area contributed by atoms with Gasteiger partial charge in [0, 0.05) is 30.4 Å². The number of carbonyl (C=O) groups is 1. The summed E-state index contributed by atoms with van der Waals surface area (Å²) in [6.07, 6.45) is 5.46. The molecule has 0 saturated carbocycles. The highest BCUT2D eigenvalue weighted by molar-refractivity contribution is 6.30. The molecule has 0 radical (unpaired) electrons. The summed E-state index contributed by atoms with van der Waals surface area (Å²) in [5.41, 5.74) is 2.09. The van der Waals surface area contributed by atoms with E-state index in [-0.39, 0.29) is 5.91 Å². The molecule has 1 N–H and O–H groups in total. The first kappa shape index (κ1) is 17.3. The van der Waals surface area contributed by atoms with Crippen LogP contribution in [0, 0.1) is 6.92 Å². The first-order valence-electron chi connectivity index (χ1n) is 7.70. The molecule has 1 amide bonds. The first-order valence-corrected chi connectivity index (χ1v) is 8.07. The Morgan fingerprint density at radius 2 is 2.22 bits per heavy atom. The molecule has 1 aromatic carbocycles. The van der Waals surface area contributed by atoms with Crippen molar-refractivity contribution in [3.63, 3.8) is 0 Å². The van der Waals surface area contributed by atoms with E-state index in [0.717, 1.165) is 23.3 Å². The van der Waals surface area contributed by atoms with Crippen molar-refractivity contribution in [3.05, 3.63) is 58.9 Å². The Hall–Kier alpha value is -2.07. The second-order valence-electron chi connectivity index (χ2n) is 5.32. The molecule has 2 rings (SSSR count). The van der Waals surface area contributed by atoms with Gasteiger partial charge < -0.3 is 10.1 Å². The fraction of sp³-hybridized carbons (Fsp3) is 0.333. The lowest BCUT2D eigenvalue weighted by Gasteiger charge is -2.10. The zero-order valence-electron chi connectivity index (χ0n) is 13.2. The minimum Gasteiger partial charge on any atom is -0.493 e. The standard InChI is InChI=1S/C18H21ClN2O2/c1-14-12-16(19)6-7-17(14)23-11-3-10-21-18(22)8-5-15-4-2-9-20-13-15/h2,4,6-7,9,12-13H,3,5,8,10-11H2,1H3,(H,21,22). The highest BCUT2D eigenvalue weighted by Crippen LogP contribution is 2.21. The van der Waals surface area contributed by atoms with Crippen molar-refractivity contribution in [3.8, 4) is 5.75 Å². The van der Waals surface area contributed by atoms with E-state index in [1.54, 1.807) is 12.4 Å². The summed E-state index contributed by atoms with van der Waals surface area (Å²) >= 11 is 5.90. The van der Waals surface area contributed by atoms with Crippen LogP contribution in [0.15, 0.2) is 42.7 Å². The maximum atomic E-state index is 11.8. The zero-order chi connectivity index (χ0) is 16.5. The summed E-state index contributed by atoms with van der Waals surface area (Å²) in [4.78, 5) is 15.8. The van der Waals surface area contributed by atoms with Crippen LogP contribution in [-0.2, 0) is 11.2 Å². The smallest absolute Gasteiger partial charge is 0.220 e. The van der Waals surface area contributed by atoms with Crippen molar-refractivity contribution in [2.75, 3.05) is 13.2 Å². The van der Waals surface area contributed by atoms with Crippen LogP contribution in [0.25, 0.3) is 0 Å². The van der Waals surface area contributed by atoms with Crippen LogP contribution in [0.2, 0.25) is 5.02 Å². The second-order valence-corrected chi connectivity index (χ2v) is 5.76. The quantitative estimate of drug-likeness (QED) is 0.752. The van der Waals surface area contributed by atoms with Gasteiger partial charge in [0.05, 0.1) is 6.61 Å². The summed E-state index contributed by atoms with van der Waals surface area (Å²) in [6, 6.07) is 9.40. The van der Waals surface area contributed by atoms with Crippen LogP contribution < -0.4 is 10.1 Å². The average Bonchev–Trinajstić information content (AvgIpc) is 2.55. The van der Waals surface area contributed by atoms with Crippen molar-refractivity contribution in [1.82, 2.24) is 10.3 Å². The lowest BCUT2D eigenvalue weighted by Crippen LogP contribution is -2.25. The Kier molecular flexibility index (Phi) is 6.88. The van der Waals surface area contributed by atoms with E-state index in [4.69, 9.17) is 16.3 Å². The minimum absolute atomic E-state index is 0.0523. The van der Waals surface area contributed by atoms with Gasteiger partial charge in [0.15, 0.2) is 0 Å². The van der Waals surface area contributed by atoms with Crippen LogP contribution in [0.5, 0.6) is 5.75 Å². The molecule has 0 aliphatic heterocycles. The van der Waals surface area contributed by atoms with E-state index in [1.165, 1.54) is 0 Å². The van der Waals surface area contributed by atoms with Gasteiger partial charge in [-0.15, -0.1) is 0 Å². The lowest BCUT2D eigenvalue weighted by atomic mass is 10.1. The maximum absolute atomic E-state index is 11.8. The molecule has 2 aromatic rings. The molecule has 1 aromatic heterocycles. The largest absolute Gasteiger partial charge is 0.493 e. The number of hydrogen-bond acceptors (Lipinski definition) is 3. The van der Waals surface area contributed by atoms with E-state index < -0.39 is 0 Å². The number of rotatable bonds is 8. The van der Waals surface area contributed by atoms with Gasteiger partial charge in [-0.1, -0.05) is 17.7 Å². The molecule has 5 heteroatoms. The van der Waals surface area contributed by atoms with Gasteiger partial charge in [0.2, 0.25) is 5.91 Å². The number of amides is 1. The van der Waals surface area contributed by atoms with Gasteiger partial charge in [-0.2, -0.15) is 0 Å². The highest BCUT2D eigenvalue weighted by Gasteiger charge is 2.03. The van der Waals surface area contributed by atoms with Crippen molar-refractivity contribution >= 4 is 17.5 Å². The molecular formula is C18H21ClN2O2. The topological polar surface area (TPSA) is 51.2 Å². The summed E-state index contributed by atoms with van der Waals surface area (Å²) in [6.45, 7) is 3.13. The number of aromatic nitrogens is 1. The molecule has 0 bridgehead atoms. The predicted molar refractivity (Wildman–Crippen MR) is 91.9 cm³/mol. The van der Waals surface area contributed by atoms with E-state index in [2.05, 4.69) is 10.3 Å². The predicted octanol–water partition coefficient (Wildman–Crippen LogP) is 3.56. The van der Waals surface area contributed by atoms with Gasteiger partial charge >= 0.3 is 0 Å².